The van der Waals surface area contributed by atoms with E-state index < -0.39 is 0 Å². The molecule has 148 valence electrons. The standard InChI is InChI=1S/C20H29N5O.HI/c1-4-21-20(22-10-9-17-7-5-16(2)6-8-17)25-11-12-26-19(15-25)18-13-23-24(3)14-18;/h5-8,13-14,19H,4,9-12,15H2,1-3H3,(H,21,22);1H. The van der Waals surface area contributed by atoms with Crippen molar-refractivity contribution in [3.8, 4) is 0 Å². The molecule has 2 heterocycles. The highest BCUT2D eigenvalue weighted by molar-refractivity contribution is 14.0. The lowest BCUT2D eigenvalue weighted by atomic mass is 10.1. The van der Waals surface area contributed by atoms with Crippen LogP contribution < -0.4 is 5.32 Å². The Bertz CT molecular complexity index is 728. The van der Waals surface area contributed by atoms with Crippen LogP contribution in [0, 0.1) is 6.92 Å². The van der Waals surface area contributed by atoms with Crippen LogP contribution >= 0.6 is 24.0 Å². The summed E-state index contributed by atoms with van der Waals surface area (Å²) in [6.45, 7) is 8.20. The Morgan fingerprint density at radius 2 is 2.11 bits per heavy atom. The van der Waals surface area contributed by atoms with Crippen LogP contribution in [0.2, 0.25) is 0 Å². The number of ether oxygens (including phenoxy) is 1. The van der Waals surface area contributed by atoms with Crippen molar-refractivity contribution in [2.24, 2.45) is 12.0 Å². The van der Waals surface area contributed by atoms with E-state index in [0.717, 1.165) is 44.1 Å². The van der Waals surface area contributed by atoms with E-state index >= 15 is 0 Å². The number of morpholine rings is 1. The van der Waals surface area contributed by atoms with E-state index in [1.165, 1.54) is 11.1 Å². The van der Waals surface area contributed by atoms with E-state index in [9.17, 15) is 0 Å². The molecule has 1 aliphatic rings. The van der Waals surface area contributed by atoms with Crippen molar-refractivity contribution in [1.82, 2.24) is 20.0 Å². The Kier molecular flexibility index (Phi) is 8.56. The van der Waals surface area contributed by atoms with Crippen molar-refractivity contribution in [3.63, 3.8) is 0 Å². The number of halogens is 1. The number of guanidine groups is 1. The highest BCUT2D eigenvalue weighted by Gasteiger charge is 2.25. The van der Waals surface area contributed by atoms with Gasteiger partial charge in [0.05, 0.1) is 19.3 Å². The second-order valence-corrected chi connectivity index (χ2v) is 6.72. The van der Waals surface area contributed by atoms with Gasteiger partial charge in [0.1, 0.15) is 6.10 Å². The lowest BCUT2D eigenvalue weighted by Crippen LogP contribution is -2.48. The van der Waals surface area contributed by atoms with Crippen LogP contribution in [-0.4, -0.2) is 53.4 Å². The zero-order valence-electron chi connectivity index (χ0n) is 16.4. The zero-order chi connectivity index (χ0) is 18.4. The van der Waals surface area contributed by atoms with E-state index in [0.29, 0.717) is 6.61 Å². The van der Waals surface area contributed by atoms with E-state index in [1.807, 2.05) is 24.1 Å². The molecule has 1 aromatic heterocycles. The van der Waals surface area contributed by atoms with Crippen LogP contribution in [-0.2, 0) is 18.2 Å². The number of aliphatic imine (C=N–C) groups is 1. The molecule has 27 heavy (non-hydrogen) atoms. The zero-order valence-corrected chi connectivity index (χ0v) is 18.7. The van der Waals surface area contributed by atoms with Gasteiger partial charge in [-0.3, -0.25) is 9.67 Å². The molecule has 1 fully saturated rings. The maximum Gasteiger partial charge on any atom is 0.194 e. The lowest BCUT2D eigenvalue weighted by Gasteiger charge is -2.34. The third-order valence-electron chi connectivity index (χ3n) is 4.58. The highest BCUT2D eigenvalue weighted by Crippen LogP contribution is 2.21. The van der Waals surface area contributed by atoms with Crippen molar-refractivity contribution in [2.45, 2.75) is 26.4 Å². The van der Waals surface area contributed by atoms with E-state index in [4.69, 9.17) is 9.73 Å². The van der Waals surface area contributed by atoms with Crippen molar-refractivity contribution < 1.29 is 4.74 Å². The van der Waals surface area contributed by atoms with Crippen LogP contribution in [0.25, 0.3) is 0 Å². The second-order valence-electron chi connectivity index (χ2n) is 6.72. The summed E-state index contributed by atoms with van der Waals surface area (Å²) in [6, 6.07) is 8.69. The second kappa shape index (κ2) is 10.7. The predicted molar refractivity (Wildman–Crippen MR) is 120 cm³/mol. The van der Waals surface area contributed by atoms with Gasteiger partial charge in [0.15, 0.2) is 5.96 Å². The molecule has 0 spiro atoms. The number of benzene rings is 1. The van der Waals surface area contributed by atoms with Gasteiger partial charge in [-0.15, -0.1) is 24.0 Å². The summed E-state index contributed by atoms with van der Waals surface area (Å²) in [4.78, 5) is 7.13. The number of aryl methyl sites for hydroxylation is 2. The third kappa shape index (κ3) is 6.21. The van der Waals surface area contributed by atoms with Gasteiger partial charge >= 0.3 is 0 Å². The molecule has 0 radical (unpaired) electrons. The third-order valence-corrected chi connectivity index (χ3v) is 4.58. The van der Waals surface area contributed by atoms with Gasteiger partial charge in [0.25, 0.3) is 0 Å². The van der Waals surface area contributed by atoms with Gasteiger partial charge in [-0.05, 0) is 25.8 Å². The number of aromatic nitrogens is 2. The maximum atomic E-state index is 5.94. The van der Waals surface area contributed by atoms with Crippen LogP contribution in [0.5, 0.6) is 0 Å². The van der Waals surface area contributed by atoms with E-state index in [2.05, 4.69) is 53.4 Å². The molecule has 1 saturated heterocycles. The van der Waals surface area contributed by atoms with Crippen molar-refractivity contribution in [3.05, 3.63) is 53.3 Å². The summed E-state index contributed by atoms with van der Waals surface area (Å²) in [5.41, 5.74) is 3.73. The molecule has 0 amide bonds. The Labute approximate surface area is 179 Å². The number of nitrogens with zero attached hydrogens (tertiary/aromatic N) is 4. The molecular formula is C20H30IN5O. The molecule has 0 saturated carbocycles. The normalized spacial score (nSPS) is 17.5. The number of nitrogens with one attached hydrogen (secondary N) is 1. The molecular weight excluding hydrogens is 453 g/mol. The van der Waals surface area contributed by atoms with Gasteiger partial charge in [0.2, 0.25) is 0 Å². The first kappa shape index (κ1) is 21.7. The highest BCUT2D eigenvalue weighted by atomic mass is 127. The van der Waals surface area contributed by atoms with E-state index in [1.54, 1.807) is 0 Å². The summed E-state index contributed by atoms with van der Waals surface area (Å²) in [6.07, 6.45) is 4.90. The first-order chi connectivity index (χ1) is 12.7. The first-order valence-corrected chi connectivity index (χ1v) is 9.34. The van der Waals surface area contributed by atoms with Gasteiger partial charge in [-0.2, -0.15) is 5.10 Å². The average Bonchev–Trinajstić information content (AvgIpc) is 3.09. The Morgan fingerprint density at radius 3 is 2.78 bits per heavy atom. The van der Waals surface area contributed by atoms with E-state index in [-0.39, 0.29) is 30.1 Å². The molecule has 7 heteroatoms. The summed E-state index contributed by atoms with van der Waals surface area (Å²) >= 11 is 0. The first-order valence-electron chi connectivity index (χ1n) is 9.34. The quantitative estimate of drug-likeness (QED) is 0.404. The topological polar surface area (TPSA) is 54.7 Å². The summed E-state index contributed by atoms with van der Waals surface area (Å²) in [5.74, 6) is 0.969. The van der Waals surface area contributed by atoms with Gasteiger partial charge in [-0.1, -0.05) is 29.8 Å². The summed E-state index contributed by atoms with van der Waals surface area (Å²) in [7, 11) is 1.93. The van der Waals surface area contributed by atoms with Crippen LogP contribution in [0.4, 0.5) is 0 Å². The fourth-order valence-corrected chi connectivity index (χ4v) is 3.12. The fraction of sp³-hybridized carbons (Fsp3) is 0.500. The largest absolute Gasteiger partial charge is 0.370 e. The van der Waals surface area contributed by atoms with Crippen molar-refractivity contribution in [2.75, 3.05) is 32.8 Å². The van der Waals surface area contributed by atoms with Crippen LogP contribution in [0.3, 0.4) is 0 Å². The molecule has 1 N–H and O–H groups in total. The smallest absolute Gasteiger partial charge is 0.194 e. The molecule has 1 unspecified atom stereocenters. The van der Waals surface area contributed by atoms with Crippen molar-refractivity contribution >= 4 is 29.9 Å². The maximum absolute atomic E-state index is 5.94. The van der Waals surface area contributed by atoms with Crippen LogP contribution in [0.15, 0.2) is 41.7 Å². The summed E-state index contributed by atoms with van der Waals surface area (Å²) in [5, 5.41) is 7.68. The minimum absolute atomic E-state index is 0. The Balaban J connectivity index is 0.00000261. The van der Waals surface area contributed by atoms with Crippen LogP contribution in [0.1, 0.15) is 29.7 Å². The average molecular weight is 483 g/mol. The minimum Gasteiger partial charge on any atom is -0.370 e. The SMILES string of the molecule is CCNC(=NCCc1ccc(C)cc1)N1CCOC(c2cnn(C)c2)C1.I. The molecule has 3 rings (SSSR count). The Hall–Kier alpha value is -1.61. The molecule has 0 aliphatic carbocycles. The molecule has 1 aromatic carbocycles. The molecule has 0 bridgehead atoms. The monoisotopic (exact) mass is 483 g/mol. The molecule has 1 aliphatic heterocycles. The predicted octanol–water partition coefficient (Wildman–Crippen LogP) is 2.93. The molecule has 6 nitrogen and oxygen atoms in total. The number of rotatable bonds is 5. The lowest BCUT2D eigenvalue weighted by molar-refractivity contribution is -0.00803. The minimum atomic E-state index is 0. The molecule has 2 aromatic rings. The molecule has 1 atom stereocenters. The number of hydrogen-bond donors (Lipinski definition) is 1. The Morgan fingerprint density at radius 1 is 1.33 bits per heavy atom. The van der Waals surface area contributed by atoms with Crippen molar-refractivity contribution in [1.29, 1.82) is 0 Å². The summed E-state index contributed by atoms with van der Waals surface area (Å²) < 4.78 is 7.76. The van der Waals surface area contributed by atoms with Gasteiger partial charge < -0.3 is 15.0 Å². The number of hydrogen-bond acceptors (Lipinski definition) is 3. The fourth-order valence-electron chi connectivity index (χ4n) is 3.12. The van der Waals surface area contributed by atoms with Gasteiger partial charge in [-0.25, -0.2) is 0 Å². The van der Waals surface area contributed by atoms with Gasteiger partial charge in [0, 0.05) is 38.4 Å².